The number of hydrogen-bond acceptors (Lipinski definition) is 5. The molecule has 3 heterocycles. The Hall–Kier alpha value is -1.68. The van der Waals surface area contributed by atoms with Crippen molar-refractivity contribution < 1.29 is 24.2 Å². The SMILES string of the molecule is CNC(=O)[C@H]1[C@@H]2OC3(CC2Br)C(C(=O)Nc2ccccc2Cl)N(CCCCCCO)C(=O)[C@H]13. The van der Waals surface area contributed by atoms with E-state index in [9.17, 15) is 14.4 Å². The Balaban J connectivity index is 1.65. The zero-order valence-electron chi connectivity index (χ0n) is 18.4. The van der Waals surface area contributed by atoms with Gasteiger partial charge < -0.3 is 25.4 Å². The van der Waals surface area contributed by atoms with Crippen LogP contribution in [0.5, 0.6) is 0 Å². The van der Waals surface area contributed by atoms with Crippen LogP contribution < -0.4 is 10.6 Å². The van der Waals surface area contributed by atoms with Gasteiger partial charge in [-0.2, -0.15) is 0 Å². The number of unbranched alkanes of at least 4 members (excludes halogenated alkanes) is 3. The molecule has 1 aromatic rings. The van der Waals surface area contributed by atoms with E-state index in [1.165, 1.54) is 0 Å². The number of aliphatic hydroxyl groups is 1. The van der Waals surface area contributed by atoms with Gasteiger partial charge in [0.1, 0.15) is 11.6 Å². The molecule has 2 bridgehead atoms. The molecule has 6 atom stereocenters. The highest BCUT2D eigenvalue weighted by atomic mass is 79.9. The second-order valence-electron chi connectivity index (χ2n) is 8.92. The van der Waals surface area contributed by atoms with Gasteiger partial charge in [0.25, 0.3) is 0 Å². The fourth-order valence-corrected chi connectivity index (χ4v) is 6.77. The summed E-state index contributed by atoms with van der Waals surface area (Å²) in [6.45, 7) is 0.511. The van der Waals surface area contributed by atoms with Crippen molar-refractivity contribution in [1.82, 2.24) is 10.2 Å². The molecule has 3 unspecified atom stereocenters. The lowest BCUT2D eigenvalue weighted by Crippen LogP contribution is -2.54. The Bertz CT molecular complexity index is 933. The first-order chi connectivity index (χ1) is 15.9. The van der Waals surface area contributed by atoms with Crippen LogP contribution in [-0.4, -0.2) is 70.5 Å². The number of ether oxygens (including phenoxy) is 1. The smallest absolute Gasteiger partial charge is 0.250 e. The van der Waals surface area contributed by atoms with E-state index in [0.29, 0.717) is 36.5 Å². The summed E-state index contributed by atoms with van der Waals surface area (Å²) >= 11 is 9.89. The molecule has 1 aromatic carbocycles. The summed E-state index contributed by atoms with van der Waals surface area (Å²) in [5.41, 5.74) is -0.617. The number of amides is 3. The number of hydrogen-bond donors (Lipinski definition) is 3. The Labute approximate surface area is 206 Å². The van der Waals surface area contributed by atoms with Crippen LogP contribution in [0.25, 0.3) is 0 Å². The van der Waals surface area contributed by atoms with Gasteiger partial charge in [0.15, 0.2) is 0 Å². The molecule has 8 nitrogen and oxygen atoms in total. The second kappa shape index (κ2) is 9.90. The van der Waals surface area contributed by atoms with Crippen LogP contribution in [-0.2, 0) is 19.1 Å². The molecule has 33 heavy (non-hydrogen) atoms. The number of likely N-dealkylation sites (tertiary alicyclic amines) is 1. The third kappa shape index (κ3) is 4.17. The van der Waals surface area contributed by atoms with Crippen molar-refractivity contribution in [1.29, 1.82) is 0 Å². The van der Waals surface area contributed by atoms with Crippen molar-refractivity contribution in [2.45, 2.75) is 54.7 Å². The van der Waals surface area contributed by atoms with E-state index in [4.69, 9.17) is 21.4 Å². The number of rotatable bonds is 9. The van der Waals surface area contributed by atoms with Crippen molar-refractivity contribution in [2.75, 3.05) is 25.5 Å². The number of alkyl halides is 1. The maximum Gasteiger partial charge on any atom is 0.250 e. The molecule has 0 aromatic heterocycles. The van der Waals surface area contributed by atoms with Crippen LogP contribution in [0.2, 0.25) is 5.02 Å². The standard InChI is InChI=1S/C23H29BrClN3O5/c1-26-20(30)16-17-22(32)28(10-6-2-3-7-11-29)19(23(17)12-13(24)18(16)33-23)21(31)27-15-9-5-4-8-14(15)25/h4-5,8-9,13,16-19,29H,2-3,6-7,10-12H2,1H3,(H,26,30)(H,27,31)/t13?,16-,17+,18-,19?,23?/m1/s1. The monoisotopic (exact) mass is 541 g/mol. The normalized spacial score (nSPS) is 32.2. The molecule has 3 aliphatic rings. The van der Waals surface area contributed by atoms with E-state index in [-0.39, 0.29) is 29.2 Å². The number of carbonyl (C=O) groups excluding carboxylic acids is 3. The van der Waals surface area contributed by atoms with Crippen molar-refractivity contribution in [3.63, 3.8) is 0 Å². The van der Waals surface area contributed by atoms with Crippen molar-refractivity contribution in [3.8, 4) is 0 Å². The van der Waals surface area contributed by atoms with Gasteiger partial charge in [-0.3, -0.25) is 14.4 Å². The topological polar surface area (TPSA) is 108 Å². The van der Waals surface area contributed by atoms with Gasteiger partial charge in [0.2, 0.25) is 17.7 Å². The molecular weight excluding hydrogens is 514 g/mol. The third-order valence-corrected chi connectivity index (χ3v) is 8.20. The van der Waals surface area contributed by atoms with Crippen molar-refractivity contribution >= 4 is 50.9 Å². The minimum absolute atomic E-state index is 0.131. The van der Waals surface area contributed by atoms with Gasteiger partial charge in [-0.05, 0) is 31.4 Å². The fourth-order valence-electron chi connectivity index (χ4n) is 5.65. The number of benzene rings is 1. The first-order valence-electron chi connectivity index (χ1n) is 11.4. The maximum atomic E-state index is 13.7. The highest BCUT2D eigenvalue weighted by Crippen LogP contribution is 2.60. The summed E-state index contributed by atoms with van der Waals surface area (Å²) in [7, 11) is 1.55. The molecule has 3 saturated heterocycles. The van der Waals surface area contributed by atoms with E-state index in [0.717, 1.165) is 12.8 Å². The number of fused-ring (bicyclic) bond motifs is 1. The number of aliphatic hydroxyl groups excluding tert-OH is 1. The average Bonchev–Trinajstić information content (AvgIpc) is 3.38. The Morgan fingerprint density at radius 2 is 1.97 bits per heavy atom. The van der Waals surface area contributed by atoms with Gasteiger partial charge in [-0.1, -0.05) is 52.5 Å². The molecule has 3 fully saturated rings. The molecule has 0 radical (unpaired) electrons. The lowest BCUT2D eigenvalue weighted by Gasteiger charge is -2.34. The van der Waals surface area contributed by atoms with Crippen molar-refractivity contribution in [3.05, 3.63) is 29.3 Å². The molecule has 0 saturated carbocycles. The summed E-state index contributed by atoms with van der Waals surface area (Å²) in [6, 6.07) is 6.07. The summed E-state index contributed by atoms with van der Waals surface area (Å²) in [5.74, 6) is -2.20. The Kier molecular flexibility index (Phi) is 7.33. The summed E-state index contributed by atoms with van der Waals surface area (Å²) in [5, 5.41) is 15.0. The lowest BCUT2D eigenvalue weighted by molar-refractivity contribution is -0.140. The van der Waals surface area contributed by atoms with Crippen LogP contribution in [0.4, 0.5) is 5.69 Å². The molecule has 0 aliphatic carbocycles. The van der Waals surface area contributed by atoms with Crippen LogP contribution >= 0.6 is 27.5 Å². The Morgan fingerprint density at radius 3 is 2.67 bits per heavy atom. The molecular formula is C23H29BrClN3O5. The van der Waals surface area contributed by atoms with Crippen molar-refractivity contribution in [2.24, 2.45) is 11.8 Å². The zero-order valence-corrected chi connectivity index (χ0v) is 20.8. The largest absolute Gasteiger partial charge is 0.396 e. The third-order valence-electron chi connectivity index (χ3n) is 7.03. The first-order valence-corrected chi connectivity index (χ1v) is 12.6. The Morgan fingerprint density at radius 1 is 1.24 bits per heavy atom. The predicted octanol–water partition coefficient (Wildman–Crippen LogP) is 2.33. The van der Waals surface area contributed by atoms with Crippen LogP contribution in [0.1, 0.15) is 32.1 Å². The number of anilines is 1. The minimum atomic E-state index is -1.08. The molecule has 180 valence electrons. The van der Waals surface area contributed by atoms with E-state index in [1.54, 1.807) is 36.2 Å². The minimum Gasteiger partial charge on any atom is -0.396 e. The number of carbonyl (C=O) groups is 3. The van der Waals surface area contributed by atoms with Gasteiger partial charge in [-0.25, -0.2) is 0 Å². The molecule has 4 rings (SSSR count). The molecule has 3 amide bonds. The van der Waals surface area contributed by atoms with Gasteiger partial charge >= 0.3 is 0 Å². The number of para-hydroxylation sites is 1. The molecule has 1 spiro atoms. The van der Waals surface area contributed by atoms with E-state index in [1.807, 2.05) is 0 Å². The van der Waals surface area contributed by atoms with E-state index >= 15 is 0 Å². The fraction of sp³-hybridized carbons (Fsp3) is 0.609. The van der Waals surface area contributed by atoms with Gasteiger partial charge in [0.05, 0.1) is 28.6 Å². The summed E-state index contributed by atoms with van der Waals surface area (Å²) in [4.78, 5) is 41.5. The summed E-state index contributed by atoms with van der Waals surface area (Å²) in [6.07, 6.45) is 3.04. The average molecular weight is 543 g/mol. The van der Waals surface area contributed by atoms with E-state index < -0.39 is 29.6 Å². The van der Waals surface area contributed by atoms with E-state index in [2.05, 4.69) is 26.6 Å². The second-order valence-corrected chi connectivity index (χ2v) is 10.5. The number of nitrogens with zero attached hydrogens (tertiary/aromatic N) is 1. The van der Waals surface area contributed by atoms with Crippen LogP contribution in [0.3, 0.4) is 0 Å². The number of halogens is 2. The molecule has 3 aliphatic heterocycles. The zero-order chi connectivity index (χ0) is 23.8. The first kappa shape index (κ1) is 24.4. The van der Waals surface area contributed by atoms with Gasteiger partial charge in [0, 0.05) is 25.0 Å². The molecule has 3 N–H and O–H groups in total. The van der Waals surface area contributed by atoms with Crippen LogP contribution in [0, 0.1) is 11.8 Å². The molecule has 10 heteroatoms. The van der Waals surface area contributed by atoms with Crippen LogP contribution in [0.15, 0.2) is 24.3 Å². The predicted molar refractivity (Wildman–Crippen MR) is 127 cm³/mol. The number of nitrogens with one attached hydrogen (secondary N) is 2. The highest BCUT2D eigenvalue weighted by Gasteiger charge is 2.76. The highest BCUT2D eigenvalue weighted by molar-refractivity contribution is 9.09. The summed E-state index contributed by atoms with van der Waals surface area (Å²) < 4.78 is 6.38. The maximum absolute atomic E-state index is 13.7. The quantitative estimate of drug-likeness (QED) is 0.328. The van der Waals surface area contributed by atoms with Gasteiger partial charge in [-0.15, -0.1) is 0 Å². The lowest BCUT2D eigenvalue weighted by atomic mass is 9.70.